The monoisotopic (exact) mass is 260 g/mol. The molecule has 4 heteroatoms. The summed E-state index contributed by atoms with van der Waals surface area (Å²) >= 11 is 0. The molecule has 2 heterocycles. The predicted octanol–water partition coefficient (Wildman–Crippen LogP) is 1.74. The Morgan fingerprint density at radius 2 is 2.16 bits per heavy atom. The molecule has 1 atom stereocenters. The van der Waals surface area contributed by atoms with Gasteiger partial charge in [-0.05, 0) is 25.3 Å². The Bertz CT molecular complexity index is 473. The molecule has 19 heavy (non-hydrogen) atoms. The second kappa shape index (κ2) is 4.69. The molecule has 1 N–H and O–H groups in total. The summed E-state index contributed by atoms with van der Waals surface area (Å²) in [4.78, 5) is 2.63. The summed E-state index contributed by atoms with van der Waals surface area (Å²) in [6, 6.07) is 7.64. The van der Waals surface area contributed by atoms with Crippen LogP contribution in [-0.4, -0.2) is 36.9 Å². The minimum atomic E-state index is 0.352. The molecule has 1 saturated heterocycles. The van der Waals surface area contributed by atoms with Gasteiger partial charge in [0.1, 0.15) is 0 Å². The van der Waals surface area contributed by atoms with Crippen molar-refractivity contribution in [1.29, 1.82) is 0 Å². The lowest BCUT2D eigenvalue weighted by molar-refractivity contribution is 0.173. The third kappa shape index (κ3) is 2.30. The second-order valence-electron chi connectivity index (χ2n) is 5.74. The van der Waals surface area contributed by atoms with E-state index in [-0.39, 0.29) is 0 Å². The van der Waals surface area contributed by atoms with E-state index in [2.05, 4.69) is 16.3 Å². The number of nitrogens with one attached hydrogen (secondary N) is 1. The minimum Gasteiger partial charge on any atom is -0.454 e. The molecule has 0 aromatic heterocycles. The van der Waals surface area contributed by atoms with Crippen molar-refractivity contribution >= 4 is 0 Å². The minimum absolute atomic E-state index is 0.352. The van der Waals surface area contributed by atoms with Gasteiger partial charge in [-0.15, -0.1) is 0 Å². The lowest BCUT2D eigenvalue weighted by atomic mass is 10.1. The van der Waals surface area contributed by atoms with Crippen molar-refractivity contribution in [3.63, 3.8) is 0 Å². The normalized spacial score (nSPS) is 26.0. The maximum atomic E-state index is 5.54. The van der Waals surface area contributed by atoms with Crippen LogP contribution in [0.5, 0.6) is 11.5 Å². The summed E-state index contributed by atoms with van der Waals surface area (Å²) in [5.74, 6) is 1.80. The fraction of sp³-hybridized carbons (Fsp3) is 0.600. The van der Waals surface area contributed by atoms with Gasteiger partial charge in [-0.2, -0.15) is 0 Å². The third-order valence-electron chi connectivity index (χ3n) is 4.34. The first-order chi connectivity index (χ1) is 9.40. The van der Waals surface area contributed by atoms with Crippen molar-refractivity contribution in [2.75, 3.05) is 19.9 Å². The van der Waals surface area contributed by atoms with Gasteiger partial charge < -0.3 is 14.8 Å². The second-order valence-corrected chi connectivity index (χ2v) is 5.74. The van der Waals surface area contributed by atoms with Crippen LogP contribution < -0.4 is 14.8 Å². The van der Waals surface area contributed by atoms with Crippen molar-refractivity contribution in [1.82, 2.24) is 10.2 Å². The Kier molecular flexibility index (Phi) is 2.85. The molecule has 1 aromatic carbocycles. The topological polar surface area (TPSA) is 33.7 Å². The van der Waals surface area contributed by atoms with Gasteiger partial charge in [0.15, 0.2) is 11.5 Å². The van der Waals surface area contributed by atoms with Gasteiger partial charge >= 0.3 is 0 Å². The Morgan fingerprint density at radius 1 is 1.21 bits per heavy atom. The van der Waals surface area contributed by atoms with E-state index in [0.29, 0.717) is 12.8 Å². The highest BCUT2D eigenvalue weighted by Crippen LogP contribution is 2.35. The van der Waals surface area contributed by atoms with Crippen LogP contribution in [0.1, 0.15) is 24.8 Å². The molecule has 1 unspecified atom stereocenters. The largest absolute Gasteiger partial charge is 0.454 e. The van der Waals surface area contributed by atoms with Crippen molar-refractivity contribution in [2.24, 2.45) is 0 Å². The van der Waals surface area contributed by atoms with E-state index >= 15 is 0 Å². The van der Waals surface area contributed by atoms with Crippen LogP contribution >= 0.6 is 0 Å². The Labute approximate surface area is 113 Å². The van der Waals surface area contributed by atoms with Crippen molar-refractivity contribution in [3.8, 4) is 11.5 Å². The van der Waals surface area contributed by atoms with Crippen LogP contribution in [0.2, 0.25) is 0 Å². The SMILES string of the molecule is c1cc(CNC2CCN(C3CC3)C2)c2c(c1)OCO2. The van der Waals surface area contributed by atoms with Gasteiger partial charge in [-0.25, -0.2) is 0 Å². The Hall–Kier alpha value is -1.26. The summed E-state index contributed by atoms with van der Waals surface area (Å²) < 4.78 is 11.0. The molecule has 4 rings (SSSR count). The molecule has 1 saturated carbocycles. The molecule has 1 aromatic rings. The Morgan fingerprint density at radius 3 is 3.05 bits per heavy atom. The third-order valence-corrected chi connectivity index (χ3v) is 4.34. The van der Waals surface area contributed by atoms with E-state index in [1.807, 2.05) is 12.1 Å². The number of para-hydroxylation sites is 1. The zero-order valence-electron chi connectivity index (χ0n) is 11.1. The lowest BCUT2D eigenvalue weighted by Crippen LogP contribution is -2.32. The van der Waals surface area contributed by atoms with Crippen LogP contribution in [0.15, 0.2) is 18.2 Å². The first-order valence-electron chi connectivity index (χ1n) is 7.25. The van der Waals surface area contributed by atoms with Crippen LogP contribution in [0.4, 0.5) is 0 Å². The van der Waals surface area contributed by atoms with Crippen molar-refractivity contribution in [2.45, 2.75) is 37.9 Å². The van der Waals surface area contributed by atoms with Gasteiger partial charge in [0.05, 0.1) is 0 Å². The van der Waals surface area contributed by atoms with Gasteiger partial charge in [0.25, 0.3) is 0 Å². The van der Waals surface area contributed by atoms with E-state index in [4.69, 9.17) is 9.47 Å². The van der Waals surface area contributed by atoms with Crippen LogP contribution in [0.3, 0.4) is 0 Å². The fourth-order valence-corrected chi connectivity index (χ4v) is 3.11. The predicted molar refractivity (Wildman–Crippen MR) is 72.4 cm³/mol. The smallest absolute Gasteiger partial charge is 0.231 e. The maximum Gasteiger partial charge on any atom is 0.231 e. The van der Waals surface area contributed by atoms with E-state index in [0.717, 1.165) is 24.1 Å². The van der Waals surface area contributed by atoms with Crippen molar-refractivity contribution < 1.29 is 9.47 Å². The van der Waals surface area contributed by atoms with Crippen LogP contribution in [0.25, 0.3) is 0 Å². The highest BCUT2D eigenvalue weighted by Gasteiger charge is 2.34. The average molecular weight is 260 g/mol. The highest BCUT2D eigenvalue weighted by molar-refractivity contribution is 5.48. The number of hydrogen-bond donors (Lipinski definition) is 1. The number of nitrogens with zero attached hydrogens (tertiary/aromatic N) is 1. The fourth-order valence-electron chi connectivity index (χ4n) is 3.11. The van der Waals surface area contributed by atoms with E-state index < -0.39 is 0 Å². The van der Waals surface area contributed by atoms with E-state index in [1.54, 1.807) is 0 Å². The maximum absolute atomic E-state index is 5.54. The van der Waals surface area contributed by atoms with Gasteiger partial charge in [0.2, 0.25) is 6.79 Å². The number of hydrogen-bond acceptors (Lipinski definition) is 4. The molecule has 0 bridgehead atoms. The Balaban J connectivity index is 1.36. The quantitative estimate of drug-likeness (QED) is 0.894. The highest BCUT2D eigenvalue weighted by atomic mass is 16.7. The van der Waals surface area contributed by atoms with Gasteiger partial charge in [0, 0.05) is 37.3 Å². The summed E-state index contributed by atoms with van der Waals surface area (Å²) in [6.07, 6.45) is 4.08. The molecule has 4 nitrogen and oxygen atoms in total. The molecule has 3 aliphatic rings. The molecule has 0 amide bonds. The van der Waals surface area contributed by atoms with Gasteiger partial charge in [-0.1, -0.05) is 12.1 Å². The summed E-state index contributed by atoms with van der Waals surface area (Å²) in [5.41, 5.74) is 1.21. The molecule has 102 valence electrons. The zero-order chi connectivity index (χ0) is 12.7. The number of fused-ring (bicyclic) bond motifs is 1. The molecule has 2 fully saturated rings. The molecule has 1 aliphatic carbocycles. The number of likely N-dealkylation sites (tertiary alicyclic amines) is 1. The van der Waals surface area contributed by atoms with E-state index in [9.17, 15) is 0 Å². The molecular weight excluding hydrogens is 240 g/mol. The average Bonchev–Trinajstić information content (AvgIpc) is 3.00. The molecule has 0 spiro atoms. The summed E-state index contributed by atoms with van der Waals surface area (Å²) in [7, 11) is 0. The molecule has 2 aliphatic heterocycles. The first kappa shape index (κ1) is 11.6. The summed E-state index contributed by atoms with van der Waals surface area (Å²) in [5, 5.41) is 3.66. The van der Waals surface area contributed by atoms with Gasteiger partial charge in [-0.3, -0.25) is 4.90 Å². The number of rotatable bonds is 4. The standard InChI is InChI=1S/C15H20N2O2/c1-2-11(15-14(3-1)18-10-19-15)8-16-12-6-7-17(9-12)13-4-5-13/h1-3,12-13,16H,4-10H2. The first-order valence-corrected chi connectivity index (χ1v) is 7.25. The lowest BCUT2D eigenvalue weighted by Gasteiger charge is -2.16. The molecule has 0 radical (unpaired) electrons. The van der Waals surface area contributed by atoms with Crippen molar-refractivity contribution in [3.05, 3.63) is 23.8 Å². The van der Waals surface area contributed by atoms with Crippen LogP contribution in [0, 0.1) is 0 Å². The zero-order valence-corrected chi connectivity index (χ0v) is 11.1. The summed E-state index contributed by atoms with van der Waals surface area (Å²) in [6.45, 7) is 3.69. The van der Waals surface area contributed by atoms with Crippen LogP contribution in [-0.2, 0) is 6.54 Å². The van der Waals surface area contributed by atoms with E-state index in [1.165, 1.54) is 37.9 Å². The number of ether oxygens (including phenoxy) is 2. The number of benzene rings is 1. The molecular formula is C15H20N2O2.